The first-order valence-corrected chi connectivity index (χ1v) is 10.5. The molecule has 1 fully saturated rings. The van der Waals surface area contributed by atoms with Gasteiger partial charge in [0.05, 0.1) is 0 Å². The van der Waals surface area contributed by atoms with E-state index in [1.54, 1.807) is 12.1 Å². The molecule has 1 aromatic heterocycles. The van der Waals surface area contributed by atoms with E-state index in [0.717, 1.165) is 32.7 Å². The Hall–Kier alpha value is -1.99. The van der Waals surface area contributed by atoms with Crippen molar-refractivity contribution in [2.45, 2.75) is 12.6 Å². The van der Waals surface area contributed by atoms with Crippen molar-refractivity contribution >= 4 is 21.4 Å². The smallest absolute Gasteiger partial charge is 0.123 e. The Kier molecular flexibility index (Phi) is 6.22. The van der Waals surface area contributed by atoms with Crippen molar-refractivity contribution in [2.75, 3.05) is 39.3 Å². The highest BCUT2D eigenvalue weighted by atomic mass is 32.1. The van der Waals surface area contributed by atoms with Crippen molar-refractivity contribution < 1.29 is 14.2 Å². The summed E-state index contributed by atoms with van der Waals surface area (Å²) in [5.41, 5.74) is 1.40. The lowest BCUT2D eigenvalue weighted by Gasteiger charge is -2.35. The van der Waals surface area contributed by atoms with Crippen molar-refractivity contribution in [3.63, 3.8) is 0 Å². The average Bonchev–Trinajstić information content (AvgIpc) is 3.12. The van der Waals surface area contributed by atoms with Crippen LogP contribution in [0.4, 0.5) is 4.39 Å². The highest BCUT2D eigenvalue weighted by Gasteiger charge is 2.20. The van der Waals surface area contributed by atoms with Crippen LogP contribution >= 0.6 is 11.3 Å². The number of thiophene rings is 1. The molecule has 1 aliphatic rings. The first-order chi connectivity index (χ1) is 13.7. The molecule has 0 spiro atoms. The van der Waals surface area contributed by atoms with Crippen LogP contribution in [0.1, 0.15) is 5.56 Å². The number of fused-ring (bicyclic) bond motifs is 1. The van der Waals surface area contributed by atoms with Crippen molar-refractivity contribution in [3.8, 4) is 5.75 Å². The first kappa shape index (κ1) is 19.3. The maximum atomic E-state index is 12.9. The van der Waals surface area contributed by atoms with Crippen LogP contribution in [-0.2, 0) is 6.54 Å². The largest absolute Gasteiger partial charge is 0.491 e. The number of piperazine rings is 1. The molecule has 0 amide bonds. The van der Waals surface area contributed by atoms with Crippen LogP contribution < -0.4 is 4.74 Å². The van der Waals surface area contributed by atoms with Gasteiger partial charge in [-0.05, 0) is 46.7 Å². The summed E-state index contributed by atoms with van der Waals surface area (Å²) in [5, 5.41) is 13.9. The number of aliphatic hydroxyl groups is 1. The van der Waals surface area contributed by atoms with Crippen LogP contribution in [0.3, 0.4) is 0 Å². The van der Waals surface area contributed by atoms with Crippen molar-refractivity contribution in [2.24, 2.45) is 0 Å². The molecule has 0 radical (unpaired) electrons. The Morgan fingerprint density at radius 2 is 1.71 bits per heavy atom. The van der Waals surface area contributed by atoms with E-state index in [1.807, 2.05) is 11.3 Å². The van der Waals surface area contributed by atoms with Gasteiger partial charge in [0.1, 0.15) is 24.3 Å². The van der Waals surface area contributed by atoms with E-state index in [1.165, 1.54) is 27.8 Å². The zero-order valence-electron chi connectivity index (χ0n) is 15.8. The molecular weight excluding hydrogens is 375 g/mol. The highest BCUT2D eigenvalue weighted by Crippen LogP contribution is 2.27. The van der Waals surface area contributed by atoms with E-state index < -0.39 is 6.10 Å². The van der Waals surface area contributed by atoms with Crippen LogP contribution in [0.25, 0.3) is 10.1 Å². The Balaban J connectivity index is 1.21. The molecule has 28 heavy (non-hydrogen) atoms. The summed E-state index contributed by atoms with van der Waals surface area (Å²) in [5.74, 6) is 0.287. The van der Waals surface area contributed by atoms with Gasteiger partial charge in [0, 0.05) is 44.0 Å². The van der Waals surface area contributed by atoms with E-state index in [4.69, 9.17) is 4.74 Å². The van der Waals surface area contributed by atoms with Crippen LogP contribution in [0.5, 0.6) is 5.75 Å². The molecule has 148 valence electrons. The van der Waals surface area contributed by atoms with Crippen molar-refractivity contribution in [1.82, 2.24) is 9.80 Å². The molecule has 1 saturated heterocycles. The average molecular weight is 401 g/mol. The fraction of sp³-hybridized carbons (Fsp3) is 0.364. The third kappa shape index (κ3) is 4.89. The Bertz CT molecular complexity index is 891. The third-order valence-corrected chi connectivity index (χ3v) is 6.16. The molecule has 1 N–H and O–H groups in total. The summed E-state index contributed by atoms with van der Waals surface area (Å²) in [7, 11) is 0. The fourth-order valence-corrected chi connectivity index (χ4v) is 4.55. The molecule has 3 aromatic rings. The zero-order valence-corrected chi connectivity index (χ0v) is 16.6. The van der Waals surface area contributed by atoms with Crippen molar-refractivity contribution in [3.05, 3.63) is 65.3 Å². The highest BCUT2D eigenvalue weighted by molar-refractivity contribution is 7.17. The third-order valence-electron chi connectivity index (χ3n) is 5.14. The lowest BCUT2D eigenvalue weighted by molar-refractivity contribution is 0.0447. The number of ether oxygens (including phenoxy) is 1. The van der Waals surface area contributed by atoms with Gasteiger partial charge in [-0.3, -0.25) is 9.80 Å². The van der Waals surface area contributed by atoms with E-state index in [0.29, 0.717) is 12.3 Å². The van der Waals surface area contributed by atoms with E-state index >= 15 is 0 Å². The van der Waals surface area contributed by atoms with Crippen LogP contribution in [0.2, 0.25) is 0 Å². The van der Waals surface area contributed by atoms with E-state index in [9.17, 15) is 9.50 Å². The van der Waals surface area contributed by atoms with Crippen LogP contribution in [0.15, 0.2) is 53.9 Å². The number of hydrogen-bond acceptors (Lipinski definition) is 5. The SMILES string of the molecule is O[C@H](COc1ccc(F)cc1)CN1CCN(Cc2csc3ccccc23)CC1. The Morgan fingerprint density at radius 1 is 1.00 bits per heavy atom. The maximum Gasteiger partial charge on any atom is 0.123 e. The summed E-state index contributed by atoms with van der Waals surface area (Å²) in [6, 6.07) is 14.4. The van der Waals surface area contributed by atoms with Gasteiger partial charge in [-0.1, -0.05) is 18.2 Å². The number of nitrogens with zero attached hydrogens (tertiary/aromatic N) is 2. The van der Waals surface area contributed by atoms with Gasteiger partial charge >= 0.3 is 0 Å². The fourth-order valence-electron chi connectivity index (χ4n) is 3.60. The normalized spacial score (nSPS) is 17.1. The van der Waals surface area contributed by atoms with Gasteiger partial charge in [-0.15, -0.1) is 11.3 Å². The molecule has 0 aliphatic carbocycles. The quantitative estimate of drug-likeness (QED) is 0.657. The number of β-amino-alcohol motifs (C(OH)–C–C–N with tert-alkyl or cyclic N) is 1. The van der Waals surface area contributed by atoms with Gasteiger partial charge in [0.15, 0.2) is 0 Å². The summed E-state index contributed by atoms with van der Waals surface area (Å²) < 4.78 is 19.8. The van der Waals surface area contributed by atoms with E-state index in [2.05, 4.69) is 39.4 Å². The molecule has 0 bridgehead atoms. The van der Waals surface area contributed by atoms with Crippen LogP contribution in [-0.4, -0.2) is 60.3 Å². The van der Waals surface area contributed by atoms with E-state index in [-0.39, 0.29) is 12.4 Å². The zero-order chi connectivity index (χ0) is 19.3. The second-order valence-corrected chi connectivity index (χ2v) is 8.16. The van der Waals surface area contributed by atoms with Gasteiger partial charge in [-0.2, -0.15) is 0 Å². The summed E-state index contributed by atoms with van der Waals surface area (Å²) in [4.78, 5) is 4.76. The molecular formula is C22H25FN2O2S. The standard InChI is InChI=1S/C22H25FN2O2S/c23-18-5-7-20(8-6-18)27-15-19(26)14-25-11-9-24(10-12-25)13-17-16-28-22-4-2-1-3-21(17)22/h1-8,16,19,26H,9-15H2/t19-/m0/s1. The Morgan fingerprint density at radius 3 is 2.50 bits per heavy atom. The predicted molar refractivity (Wildman–Crippen MR) is 111 cm³/mol. The monoisotopic (exact) mass is 400 g/mol. The summed E-state index contributed by atoms with van der Waals surface area (Å²) >= 11 is 1.81. The molecule has 0 saturated carbocycles. The molecule has 0 unspecified atom stereocenters. The Labute approximate surface area is 168 Å². The number of rotatable bonds is 7. The maximum absolute atomic E-state index is 12.9. The lowest BCUT2D eigenvalue weighted by atomic mass is 10.1. The second-order valence-electron chi connectivity index (χ2n) is 7.25. The minimum atomic E-state index is -0.558. The number of benzene rings is 2. The minimum absolute atomic E-state index is 0.215. The molecule has 4 nitrogen and oxygen atoms in total. The molecule has 4 rings (SSSR count). The number of aliphatic hydroxyl groups excluding tert-OH is 1. The number of hydrogen-bond donors (Lipinski definition) is 1. The van der Waals surface area contributed by atoms with Crippen LogP contribution in [0, 0.1) is 5.82 Å². The number of halogens is 1. The minimum Gasteiger partial charge on any atom is -0.491 e. The van der Waals surface area contributed by atoms with Gasteiger partial charge in [0.2, 0.25) is 0 Å². The van der Waals surface area contributed by atoms with Gasteiger partial charge < -0.3 is 9.84 Å². The summed E-state index contributed by atoms with van der Waals surface area (Å²) in [6.07, 6.45) is -0.558. The van der Waals surface area contributed by atoms with Gasteiger partial charge in [0.25, 0.3) is 0 Å². The van der Waals surface area contributed by atoms with Crippen molar-refractivity contribution in [1.29, 1.82) is 0 Å². The molecule has 1 aliphatic heterocycles. The molecule has 1 atom stereocenters. The topological polar surface area (TPSA) is 35.9 Å². The molecule has 2 aromatic carbocycles. The molecule has 2 heterocycles. The van der Waals surface area contributed by atoms with Gasteiger partial charge in [-0.25, -0.2) is 4.39 Å². The second kappa shape index (κ2) is 9.01. The first-order valence-electron chi connectivity index (χ1n) is 9.63. The summed E-state index contributed by atoms with van der Waals surface area (Å²) in [6.45, 7) is 5.66. The molecule has 6 heteroatoms. The predicted octanol–water partition coefficient (Wildman–Crippen LogP) is 3.60. The lowest BCUT2D eigenvalue weighted by Crippen LogP contribution is -2.48.